The first-order valence-electron chi connectivity index (χ1n) is 11.6. The van der Waals surface area contributed by atoms with Crippen LogP contribution < -0.4 is 15.5 Å². The molecule has 2 rings (SSSR count). The Balaban J connectivity index is 1.63. The van der Waals surface area contributed by atoms with E-state index in [9.17, 15) is 4.79 Å². The quantitative estimate of drug-likeness (QED) is 0.401. The lowest BCUT2D eigenvalue weighted by Crippen LogP contribution is -2.50. The first kappa shape index (κ1) is 24.8. The van der Waals surface area contributed by atoms with E-state index < -0.39 is 0 Å². The maximum absolute atomic E-state index is 12.6. The molecule has 2 heterocycles. The number of amides is 1. The molecule has 9 heteroatoms. The number of rotatable bonds is 11. The van der Waals surface area contributed by atoms with Gasteiger partial charge in [0.2, 0.25) is 11.9 Å². The molecule has 0 aliphatic carbocycles. The van der Waals surface area contributed by atoms with Crippen molar-refractivity contribution in [3.05, 3.63) is 18.5 Å². The van der Waals surface area contributed by atoms with Crippen molar-refractivity contribution in [2.75, 3.05) is 64.3 Å². The Morgan fingerprint density at radius 3 is 2.48 bits per heavy atom. The molecule has 0 saturated carbocycles. The number of nitrogens with one attached hydrogen (secondary N) is 2. The van der Waals surface area contributed by atoms with Crippen LogP contribution in [0.3, 0.4) is 0 Å². The van der Waals surface area contributed by atoms with E-state index in [4.69, 9.17) is 0 Å². The van der Waals surface area contributed by atoms with Crippen molar-refractivity contribution in [3.8, 4) is 0 Å². The summed E-state index contributed by atoms with van der Waals surface area (Å²) in [4.78, 5) is 31.9. The second-order valence-electron chi connectivity index (χ2n) is 7.88. The van der Waals surface area contributed by atoms with Gasteiger partial charge >= 0.3 is 0 Å². The van der Waals surface area contributed by atoms with Gasteiger partial charge in [0, 0.05) is 64.6 Å². The second-order valence-corrected chi connectivity index (χ2v) is 7.88. The summed E-state index contributed by atoms with van der Waals surface area (Å²) in [5.41, 5.74) is 0. The molecule has 174 valence electrons. The number of aromatic nitrogens is 2. The van der Waals surface area contributed by atoms with Crippen LogP contribution in [0, 0.1) is 0 Å². The summed E-state index contributed by atoms with van der Waals surface area (Å²) >= 11 is 0. The van der Waals surface area contributed by atoms with Crippen LogP contribution in [-0.4, -0.2) is 97.1 Å². The summed E-state index contributed by atoms with van der Waals surface area (Å²) in [6.07, 6.45) is 6.20. The normalized spacial score (nSPS) is 15.8. The fraction of sp³-hybridized carbons (Fsp3) is 0.727. The highest BCUT2D eigenvalue weighted by atomic mass is 16.2. The standard InChI is InChI=1S/C22H40N8O/c1-5-28(6-2)14-7-9-19(3)27-21(23-4)24-13-10-20(31)29-15-17-30(18-16-29)22-25-11-8-12-26-22/h8,11-12,19H,5-7,9-10,13-18H2,1-4H3,(H2,23,24,27). The third-order valence-corrected chi connectivity index (χ3v) is 5.71. The fourth-order valence-electron chi connectivity index (χ4n) is 3.72. The van der Waals surface area contributed by atoms with Crippen LogP contribution in [0.5, 0.6) is 0 Å². The fourth-order valence-corrected chi connectivity index (χ4v) is 3.72. The molecule has 1 aromatic rings. The average molecular weight is 433 g/mol. The van der Waals surface area contributed by atoms with Crippen LogP contribution in [0.15, 0.2) is 23.5 Å². The predicted octanol–water partition coefficient (Wildman–Crippen LogP) is 1.19. The first-order chi connectivity index (χ1) is 15.1. The minimum absolute atomic E-state index is 0.170. The largest absolute Gasteiger partial charge is 0.356 e. The number of guanidine groups is 1. The van der Waals surface area contributed by atoms with Gasteiger partial charge in [-0.1, -0.05) is 13.8 Å². The molecule has 1 aliphatic heterocycles. The zero-order valence-electron chi connectivity index (χ0n) is 19.7. The number of hydrogen-bond donors (Lipinski definition) is 2. The Morgan fingerprint density at radius 1 is 1.19 bits per heavy atom. The van der Waals surface area contributed by atoms with Crippen molar-refractivity contribution < 1.29 is 4.79 Å². The lowest BCUT2D eigenvalue weighted by atomic mass is 10.2. The van der Waals surface area contributed by atoms with Gasteiger partial charge in [0.25, 0.3) is 0 Å². The molecular formula is C22H40N8O. The molecule has 0 aromatic carbocycles. The highest BCUT2D eigenvalue weighted by Gasteiger charge is 2.22. The molecular weight excluding hydrogens is 392 g/mol. The molecule has 0 bridgehead atoms. The van der Waals surface area contributed by atoms with E-state index in [0.717, 1.165) is 57.5 Å². The van der Waals surface area contributed by atoms with Gasteiger partial charge in [0.1, 0.15) is 0 Å². The molecule has 2 N–H and O–H groups in total. The number of piperazine rings is 1. The van der Waals surface area contributed by atoms with E-state index >= 15 is 0 Å². The van der Waals surface area contributed by atoms with Gasteiger partial charge in [-0.2, -0.15) is 0 Å². The van der Waals surface area contributed by atoms with Crippen LogP contribution >= 0.6 is 0 Å². The average Bonchev–Trinajstić information content (AvgIpc) is 2.81. The summed E-state index contributed by atoms with van der Waals surface area (Å²) < 4.78 is 0. The van der Waals surface area contributed by atoms with Crippen molar-refractivity contribution in [2.24, 2.45) is 4.99 Å². The number of anilines is 1. The van der Waals surface area contributed by atoms with Crippen molar-refractivity contribution >= 4 is 17.8 Å². The summed E-state index contributed by atoms with van der Waals surface area (Å²) in [6.45, 7) is 13.4. The molecule has 1 amide bonds. The zero-order valence-corrected chi connectivity index (χ0v) is 19.7. The van der Waals surface area contributed by atoms with Gasteiger partial charge in [-0.15, -0.1) is 0 Å². The highest BCUT2D eigenvalue weighted by Crippen LogP contribution is 2.10. The molecule has 1 unspecified atom stereocenters. The Kier molecular flexibility index (Phi) is 11.1. The van der Waals surface area contributed by atoms with E-state index in [1.165, 1.54) is 0 Å². The van der Waals surface area contributed by atoms with Gasteiger partial charge in [-0.25, -0.2) is 9.97 Å². The molecule has 0 radical (unpaired) electrons. The first-order valence-corrected chi connectivity index (χ1v) is 11.6. The van der Waals surface area contributed by atoms with Crippen molar-refractivity contribution in [3.63, 3.8) is 0 Å². The van der Waals surface area contributed by atoms with Gasteiger partial charge in [0.05, 0.1) is 0 Å². The van der Waals surface area contributed by atoms with Gasteiger partial charge < -0.3 is 25.3 Å². The molecule has 0 spiro atoms. The third-order valence-electron chi connectivity index (χ3n) is 5.71. The van der Waals surface area contributed by atoms with Crippen LogP contribution in [-0.2, 0) is 4.79 Å². The summed E-state index contributed by atoms with van der Waals surface area (Å²) in [5.74, 6) is 1.66. The summed E-state index contributed by atoms with van der Waals surface area (Å²) in [6, 6.07) is 2.15. The van der Waals surface area contributed by atoms with Crippen LogP contribution in [0.4, 0.5) is 5.95 Å². The number of hydrogen-bond acceptors (Lipinski definition) is 6. The Morgan fingerprint density at radius 2 is 1.87 bits per heavy atom. The van der Waals surface area contributed by atoms with E-state index in [0.29, 0.717) is 32.1 Å². The van der Waals surface area contributed by atoms with Gasteiger partial charge in [0.15, 0.2) is 5.96 Å². The molecule has 1 saturated heterocycles. The minimum Gasteiger partial charge on any atom is -0.356 e. The summed E-state index contributed by atoms with van der Waals surface area (Å²) in [5, 5.41) is 6.71. The molecule has 31 heavy (non-hydrogen) atoms. The highest BCUT2D eigenvalue weighted by molar-refractivity contribution is 5.81. The topological polar surface area (TPSA) is 89.0 Å². The van der Waals surface area contributed by atoms with Gasteiger partial charge in [-0.3, -0.25) is 9.79 Å². The maximum atomic E-state index is 12.6. The van der Waals surface area contributed by atoms with E-state index in [-0.39, 0.29) is 5.91 Å². The van der Waals surface area contributed by atoms with Crippen molar-refractivity contribution in [1.82, 2.24) is 30.4 Å². The molecule has 1 atom stereocenters. The Bertz CT molecular complexity index is 657. The molecule has 1 aromatic heterocycles. The molecule has 1 fully saturated rings. The van der Waals surface area contributed by atoms with Crippen LogP contribution in [0.1, 0.15) is 40.0 Å². The second kappa shape index (κ2) is 13.8. The number of aliphatic imine (C=N–C) groups is 1. The Labute approximate surface area is 187 Å². The van der Waals surface area contributed by atoms with Gasteiger partial charge in [-0.05, 0) is 45.5 Å². The van der Waals surface area contributed by atoms with Crippen molar-refractivity contribution in [2.45, 2.75) is 46.1 Å². The lowest BCUT2D eigenvalue weighted by molar-refractivity contribution is -0.131. The Hall–Kier alpha value is -2.42. The SMILES string of the molecule is CCN(CC)CCCC(C)NC(=NC)NCCC(=O)N1CCN(c2ncccn2)CC1. The molecule has 9 nitrogen and oxygen atoms in total. The number of nitrogens with zero attached hydrogens (tertiary/aromatic N) is 6. The van der Waals surface area contributed by atoms with E-state index in [1.807, 2.05) is 11.0 Å². The number of carbonyl (C=O) groups excluding carboxylic acids is 1. The van der Waals surface area contributed by atoms with E-state index in [1.54, 1.807) is 19.4 Å². The van der Waals surface area contributed by atoms with E-state index in [2.05, 4.69) is 56.2 Å². The summed E-state index contributed by atoms with van der Waals surface area (Å²) in [7, 11) is 1.77. The smallest absolute Gasteiger partial charge is 0.225 e. The number of carbonyl (C=O) groups is 1. The van der Waals surface area contributed by atoms with Crippen molar-refractivity contribution in [1.29, 1.82) is 0 Å². The lowest BCUT2D eigenvalue weighted by Gasteiger charge is -2.34. The third kappa shape index (κ3) is 8.69. The maximum Gasteiger partial charge on any atom is 0.225 e. The zero-order chi connectivity index (χ0) is 22.5. The minimum atomic E-state index is 0.170. The van der Waals surface area contributed by atoms with Crippen LogP contribution in [0.25, 0.3) is 0 Å². The molecule has 1 aliphatic rings. The van der Waals surface area contributed by atoms with Crippen LogP contribution in [0.2, 0.25) is 0 Å². The monoisotopic (exact) mass is 432 g/mol. The predicted molar refractivity (Wildman–Crippen MR) is 126 cm³/mol.